The maximum Gasteiger partial charge on any atom is 0.336 e. The standard InChI is InChI=1S/C23H26ClN3O3/c1-5-15(4)25-21(28)19(6-2)27-20-13-16(24)10-11-18(20)22(29)26(23(27)30)17-9-7-8-14(3)12-17/h7-13,15,19H,5-6H2,1-4H3,(H,25,28)/t15-,19+/m0/s1. The average Bonchev–Trinajstić information content (AvgIpc) is 2.70. The molecule has 0 bridgehead atoms. The van der Waals surface area contributed by atoms with Gasteiger partial charge in [-0.15, -0.1) is 0 Å². The van der Waals surface area contributed by atoms with Gasteiger partial charge in [0.25, 0.3) is 5.56 Å². The molecule has 1 N–H and O–H groups in total. The molecule has 7 heteroatoms. The first-order valence-corrected chi connectivity index (χ1v) is 10.5. The van der Waals surface area contributed by atoms with Crippen molar-refractivity contribution in [3.63, 3.8) is 0 Å². The Kier molecular flexibility index (Phi) is 6.46. The molecule has 1 aromatic heterocycles. The van der Waals surface area contributed by atoms with E-state index in [0.29, 0.717) is 28.0 Å². The predicted molar refractivity (Wildman–Crippen MR) is 121 cm³/mol. The number of hydrogen-bond acceptors (Lipinski definition) is 3. The van der Waals surface area contributed by atoms with Crippen molar-refractivity contribution in [2.24, 2.45) is 0 Å². The third kappa shape index (κ3) is 4.05. The van der Waals surface area contributed by atoms with Gasteiger partial charge in [-0.3, -0.25) is 14.2 Å². The van der Waals surface area contributed by atoms with Gasteiger partial charge in [0.1, 0.15) is 6.04 Å². The Hall–Kier alpha value is -2.86. The van der Waals surface area contributed by atoms with E-state index < -0.39 is 17.3 Å². The summed E-state index contributed by atoms with van der Waals surface area (Å²) >= 11 is 6.18. The number of rotatable bonds is 6. The number of benzene rings is 2. The lowest BCUT2D eigenvalue weighted by Gasteiger charge is -2.23. The summed E-state index contributed by atoms with van der Waals surface area (Å²) in [6.45, 7) is 7.62. The molecule has 0 aliphatic rings. The highest BCUT2D eigenvalue weighted by atomic mass is 35.5. The zero-order chi connectivity index (χ0) is 22.0. The minimum absolute atomic E-state index is 0.0280. The highest BCUT2D eigenvalue weighted by molar-refractivity contribution is 6.31. The van der Waals surface area contributed by atoms with E-state index >= 15 is 0 Å². The highest BCUT2D eigenvalue weighted by Gasteiger charge is 2.26. The van der Waals surface area contributed by atoms with Crippen LogP contribution in [0.4, 0.5) is 0 Å². The number of carbonyl (C=O) groups is 1. The number of aryl methyl sites for hydroxylation is 1. The van der Waals surface area contributed by atoms with Crippen LogP contribution in [0, 0.1) is 6.92 Å². The number of amides is 1. The molecular formula is C23H26ClN3O3. The molecule has 30 heavy (non-hydrogen) atoms. The Morgan fingerprint density at radius 3 is 2.47 bits per heavy atom. The summed E-state index contributed by atoms with van der Waals surface area (Å²) < 4.78 is 2.52. The van der Waals surface area contributed by atoms with Crippen molar-refractivity contribution in [1.82, 2.24) is 14.5 Å². The van der Waals surface area contributed by atoms with Gasteiger partial charge in [-0.25, -0.2) is 9.36 Å². The van der Waals surface area contributed by atoms with Crippen LogP contribution in [-0.2, 0) is 4.79 Å². The number of hydrogen-bond donors (Lipinski definition) is 1. The van der Waals surface area contributed by atoms with Crippen molar-refractivity contribution < 1.29 is 4.79 Å². The van der Waals surface area contributed by atoms with E-state index in [9.17, 15) is 14.4 Å². The van der Waals surface area contributed by atoms with E-state index in [1.807, 2.05) is 33.8 Å². The molecule has 6 nitrogen and oxygen atoms in total. The fourth-order valence-corrected chi connectivity index (χ4v) is 3.69. The van der Waals surface area contributed by atoms with E-state index in [-0.39, 0.29) is 11.9 Å². The zero-order valence-corrected chi connectivity index (χ0v) is 18.4. The number of halogens is 1. The molecule has 0 saturated heterocycles. The zero-order valence-electron chi connectivity index (χ0n) is 17.6. The van der Waals surface area contributed by atoms with Crippen LogP contribution in [0.5, 0.6) is 0 Å². The summed E-state index contributed by atoms with van der Waals surface area (Å²) in [5.74, 6) is -0.260. The molecule has 0 aliphatic heterocycles. The maximum absolute atomic E-state index is 13.6. The van der Waals surface area contributed by atoms with Crippen LogP contribution < -0.4 is 16.6 Å². The normalized spacial score (nSPS) is 13.2. The second-order valence-corrected chi connectivity index (χ2v) is 7.97. The molecule has 2 atom stereocenters. The predicted octanol–water partition coefficient (Wildman–Crippen LogP) is 3.98. The molecule has 1 heterocycles. The maximum atomic E-state index is 13.6. The van der Waals surface area contributed by atoms with Crippen molar-refractivity contribution in [3.05, 3.63) is 73.9 Å². The third-order valence-corrected chi connectivity index (χ3v) is 5.55. The van der Waals surface area contributed by atoms with Crippen LogP contribution in [0.25, 0.3) is 16.6 Å². The molecule has 0 saturated carbocycles. The Balaban J connectivity index is 2.37. The third-order valence-electron chi connectivity index (χ3n) is 5.31. The lowest BCUT2D eigenvalue weighted by atomic mass is 10.1. The van der Waals surface area contributed by atoms with Crippen LogP contribution in [0.15, 0.2) is 52.1 Å². The van der Waals surface area contributed by atoms with Crippen molar-refractivity contribution in [1.29, 1.82) is 0 Å². The summed E-state index contributed by atoms with van der Waals surface area (Å²) in [7, 11) is 0. The Labute approximate surface area is 180 Å². The van der Waals surface area contributed by atoms with E-state index in [2.05, 4.69) is 5.32 Å². The van der Waals surface area contributed by atoms with Gasteiger partial charge in [0.05, 0.1) is 16.6 Å². The molecule has 3 rings (SSSR count). The van der Waals surface area contributed by atoms with Gasteiger partial charge < -0.3 is 5.32 Å². The van der Waals surface area contributed by atoms with Crippen molar-refractivity contribution in [3.8, 4) is 5.69 Å². The first-order valence-electron chi connectivity index (χ1n) is 10.1. The Bertz CT molecular complexity index is 1210. The molecule has 158 valence electrons. The summed E-state index contributed by atoms with van der Waals surface area (Å²) in [5, 5.41) is 3.67. The van der Waals surface area contributed by atoms with Gasteiger partial charge in [0.2, 0.25) is 5.91 Å². The minimum atomic E-state index is -0.774. The number of fused-ring (bicyclic) bond motifs is 1. The molecule has 0 spiro atoms. The second kappa shape index (κ2) is 8.88. The fraction of sp³-hybridized carbons (Fsp3) is 0.348. The van der Waals surface area contributed by atoms with E-state index in [0.717, 1.165) is 16.6 Å². The van der Waals surface area contributed by atoms with E-state index in [1.54, 1.807) is 36.4 Å². The van der Waals surface area contributed by atoms with Gasteiger partial charge in [-0.2, -0.15) is 0 Å². The van der Waals surface area contributed by atoms with Crippen molar-refractivity contribution in [2.45, 2.75) is 52.6 Å². The highest BCUT2D eigenvalue weighted by Crippen LogP contribution is 2.21. The molecule has 3 aromatic rings. The Morgan fingerprint density at radius 2 is 1.83 bits per heavy atom. The minimum Gasteiger partial charge on any atom is -0.352 e. The molecule has 0 aliphatic carbocycles. The fourth-order valence-electron chi connectivity index (χ4n) is 3.53. The summed E-state index contributed by atoms with van der Waals surface area (Å²) in [6.07, 6.45) is 1.16. The van der Waals surface area contributed by atoms with E-state index in [1.165, 1.54) is 4.57 Å². The lowest BCUT2D eigenvalue weighted by molar-refractivity contribution is -0.125. The smallest absolute Gasteiger partial charge is 0.336 e. The molecule has 0 unspecified atom stereocenters. The first kappa shape index (κ1) is 21.8. The van der Waals surface area contributed by atoms with Gasteiger partial charge >= 0.3 is 5.69 Å². The molecular weight excluding hydrogens is 402 g/mol. The summed E-state index contributed by atoms with van der Waals surface area (Å²) in [6, 6.07) is 11.1. The lowest BCUT2D eigenvalue weighted by Crippen LogP contribution is -2.45. The largest absolute Gasteiger partial charge is 0.352 e. The molecule has 0 fully saturated rings. The van der Waals surface area contributed by atoms with Crippen LogP contribution in [0.2, 0.25) is 5.02 Å². The van der Waals surface area contributed by atoms with Crippen molar-refractivity contribution >= 4 is 28.4 Å². The van der Waals surface area contributed by atoms with Crippen LogP contribution in [0.3, 0.4) is 0 Å². The number of aromatic nitrogens is 2. The molecule has 1 amide bonds. The second-order valence-electron chi connectivity index (χ2n) is 7.54. The summed E-state index contributed by atoms with van der Waals surface area (Å²) in [4.78, 5) is 39.8. The Morgan fingerprint density at radius 1 is 1.10 bits per heavy atom. The van der Waals surface area contributed by atoms with E-state index in [4.69, 9.17) is 11.6 Å². The molecule has 2 aromatic carbocycles. The van der Waals surface area contributed by atoms with Crippen LogP contribution in [0.1, 0.15) is 45.2 Å². The van der Waals surface area contributed by atoms with Crippen LogP contribution >= 0.6 is 11.6 Å². The van der Waals surface area contributed by atoms with Crippen molar-refractivity contribution in [2.75, 3.05) is 0 Å². The van der Waals surface area contributed by atoms with Gasteiger partial charge in [0.15, 0.2) is 0 Å². The first-order chi connectivity index (χ1) is 14.3. The monoisotopic (exact) mass is 427 g/mol. The quantitative estimate of drug-likeness (QED) is 0.646. The number of carbonyl (C=O) groups excluding carboxylic acids is 1. The van der Waals surface area contributed by atoms with Gasteiger partial charge in [-0.1, -0.05) is 37.6 Å². The SMILES string of the molecule is CC[C@H](C(=O)N[C@@H](C)CC)n1c(=O)n(-c2cccc(C)c2)c(=O)c2ccc(Cl)cc21. The van der Waals surface area contributed by atoms with Gasteiger partial charge in [-0.05, 0) is 62.6 Å². The summed E-state index contributed by atoms with van der Waals surface area (Å²) in [5.41, 5.74) is 0.737. The van der Waals surface area contributed by atoms with Gasteiger partial charge in [0, 0.05) is 11.1 Å². The number of nitrogens with one attached hydrogen (secondary N) is 1. The van der Waals surface area contributed by atoms with Crippen LogP contribution in [-0.4, -0.2) is 21.1 Å². The number of nitrogens with zero attached hydrogens (tertiary/aromatic N) is 2. The molecule has 0 radical (unpaired) electrons. The topological polar surface area (TPSA) is 73.1 Å². The average molecular weight is 428 g/mol.